The monoisotopic (exact) mass is 232 g/mol. The van der Waals surface area contributed by atoms with E-state index < -0.39 is 11.6 Å². The highest BCUT2D eigenvalue weighted by Gasteiger charge is 2.46. The van der Waals surface area contributed by atoms with E-state index in [2.05, 4.69) is 10.6 Å². The zero-order valence-corrected chi connectivity index (χ0v) is 10.3. The summed E-state index contributed by atoms with van der Waals surface area (Å²) in [7, 11) is 0. The van der Waals surface area contributed by atoms with Crippen LogP contribution in [-0.2, 0) is 10.3 Å². The molecule has 0 saturated carbocycles. The minimum Gasteiger partial charge on any atom is -0.319 e. The maximum Gasteiger partial charge on any atom is 0.322 e. The lowest BCUT2D eigenvalue weighted by Gasteiger charge is -2.25. The van der Waals surface area contributed by atoms with Gasteiger partial charge in [-0.2, -0.15) is 0 Å². The van der Waals surface area contributed by atoms with Gasteiger partial charge in [0.15, 0.2) is 0 Å². The van der Waals surface area contributed by atoms with Gasteiger partial charge in [0.2, 0.25) is 0 Å². The Labute approximate surface area is 100 Å². The number of hydrogen-bond acceptors (Lipinski definition) is 2. The summed E-state index contributed by atoms with van der Waals surface area (Å²) in [6, 6.07) is 5.41. The largest absolute Gasteiger partial charge is 0.322 e. The van der Waals surface area contributed by atoms with Crippen molar-refractivity contribution in [3.63, 3.8) is 0 Å². The summed E-state index contributed by atoms with van der Waals surface area (Å²) in [6.07, 6.45) is 0.535. The first-order valence-corrected chi connectivity index (χ1v) is 5.71. The summed E-state index contributed by atoms with van der Waals surface area (Å²) >= 11 is 0. The number of nitrogens with one attached hydrogen (secondary N) is 2. The standard InChI is InChI=1S/C13H16N2O2/c1-4-13(11(16)14-12(17)15-13)10-6-5-8(2)9(3)7-10/h5-7H,4H2,1-3H3,(H2,14,15,16,17). The molecule has 0 bridgehead atoms. The Hall–Kier alpha value is -1.84. The first-order chi connectivity index (χ1) is 7.99. The number of imide groups is 1. The summed E-state index contributed by atoms with van der Waals surface area (Å²) < 4.78 is 0. The molecular weight excluding hydrogens is 216 g/mol. The number of rotatable bonds is 2. The van der Waals surface area contributed by atoms with E-state index in [0.717, 1.165) is 11.1 Å². The van der Waals surface area contributed by atoms with Crippen molar-refractivity contribution in [2.75, 3.05) is 0 Å². The van der Waals surface area contributed by atoms with Crippen LogP contribution in [0.2, 0.25) is 0 Å². The average molecular weight is 232 g/mol. The smallest absolute Gasteiger partial charge is 0.319 e. The molecular formula is C13H16N2O2. The highest BCUT2D eigenvalue weighted by molar-refractivity contribution is 6.07. The van der Waals surface area contributed by atoms with Crippen LogP contribution in [0.3, 0.4) is 0 Å². The first-order valence-electron chi connectivity index (χ1n) is 5.71. The fraction of sp³-hybridized carbons (Fsp3) is 0.385. The summed E-state index contributed by atoms with van der Waals surface area (Å²) in [5.41, 5.74) is 2.22. The molecule has 2 N–H and O–H groups in total. The van der Waals surface area contributed by atoms with Crippen LogP contribution >= 0.6 is 0 Å². The number of hydrogen-bond donors (Lipinski definition) is 2. The maximum atomic E-state index is 11.9. The first kappa shape index (κ1) is 11.6. The Morgan fingerprint density at radius 1 is 1.18 bits per heavy atom. The molecule has 1 atom stereocenters. The van der Waals surface area contributed by atoms with Gasteiger partial charge in [-0.3, -0.25) is 10.1 Å². The van der Waals surface area contributed by atoms with E-state index in [1.807, 2.05) is 39.0 Å². The lowest BCUT2D eigenvalue weighted by Crippen LogP contribution is -2.43. The van der Waals surface area contributed by atoms with Gasteiger partial charge in [-0.1, -0.05) is 25.1 Å². The Bertz CT molecular complexity index is 496. The minimum absolute atomic E-state index is 0.270. The Morgan fingerprint density at radius 2 is 1.88 bits per heavy atom. The summed E-state index contributed by atoms with van der Waals surface area (Å²) in [4.78, 5) is 23.3. The Balaban J connectivity index is 2.52. The van der Waals surface area contributed by atoms with Gasteiger partial charge in [0.05, 0.1) is 0 Å². The van der Waals surface area contributed by atoms with Crippen molar-refractivity contribution >= 4 is 11.9 Å². The second-order valence-corrected chi connectivity index (χ2v) is 4.47. The molecule has 4 nitrogen and oxygen atoms in total. The number of carbonyl (C=O) groups is 2. The van der Waals surface area contributed by atoms with E-state index in [9.17, 15) is 9.59 Å². The molecule has 1 unspecified atom stereocenters. The van der Waals surface area contributed by atoms with Crippen LogP contribution in [0.4, 0.5) is 4.79 Å². The molecule has 2 rings (SSSR count). The molecule has 1 aromatic rings. The van der Waals surface area contributed by atoms with Gasteiger partial charge in [0.1, 0.15) is 5.54 Å². The fourth-order valence-corrected chi connectivity index (χ4v) is 2.15. The van der Waals surface area contributed by atoms with Gasteiger partial charge < -0.3 is 5.32 Å². The van der Waals surface area contributed by atoms with Crippen molar-refractivity contribution in [2.24, 2.45) is 0 Å². The molecule has 0 aliphatic carbocycles. The molecule has 0 spiro atoms. The van der Waals surface area contributed by atoms with Crippen LogP contribution in [0.25, 0.3) is 0 Å². The van der Waals surface area contributed by atoms with Crippen LogP contribution in [0.5, 0.6) is 0 Å². The highest BCUT2D eigenvalue weighted by atomic mass is 16.2. The molecule has 1 saturated heterocycles. The summed E-state index contributed by atoms with van der Waals surface area (Å²) in [6.45, 7) is 5.91. The van der Waals surface area contributed by atoms with Crippen LogP contribution in [0.1, 0.15) is 30.0 Å². The number of urea groups is 1. The molecule has 0 aromatic heterocycles. The molecule has 0 radical (unpaired) electrons. The highest BCUT2D eigenvalue weighted by Crippen LogP contribution is 2.29. The molecule has 1 fully saturated rings. The number of benzene rings is 1. The molecule has 1 aliphatic heterocycles. The molecule has 1 aliphatic rings. The lowest BCUT2D eigenvalue weighted by atomic mass is 9.86. The fourth-order valence-electron chi connectivity index (χ4n) is 2.15. The molecule has 3 amide bonds. The molecule has 1 heterocycles. The van der Waals surface area contributed by atoms with Crippen molar-refractivity contribution in [3.8, 4) is 0 Å². The minimum atomic E-state index is -0.907. The SMILES string of the molecule is CCC1(c2ccc(C)c(C)c2)NC(=O)NC1=O. The molecule has 90 valence electrons. The molecule has 1 aromatic carbocycles. The van der Waals surface area contributed by atoms with Crippen LogP contribution in [0, 0.1) is 13.8 Å². The van der Waals surface area contributed by atoms with E-state index in [1.54, 1.807) is 0 Å². The Morgan fingerprint density at radius 3 is 2.35 bits per heavy atom. The van der Waals surface area contributed by atoms with Crippen molar-refractivity contribution in [3.05, 3.63) is 34.9 Å². The summed E-state index contributed by atoms with van der Waals surface area (Å²) in [5, 5.41) is 5.03. The topological polar surface area (TPSA) is 58.2 Å². The van der Waals surface area contributed by atoms with Gasteiger partial charge in [-0.05, 0) is 37.0 Å². The van der Waals surface area contributed by atoms with Crippen molar-refractivity contribution < 1.29 is 9.59 Å². The second-order valence-electron chi connectivity index (χ2n) is 4.47. The quantitative estimate of drug-likeness (QED) is 0.763. The van der Waals surface area contributed by atoms with Gasteiger partial charge in [0, 0.05) is 0 Å². The third-order valence-corrected chi connectivity index (χ3v) is 3.47. The average Bonchev–Trinajstić information content (AvgIpc) is 2.58. The van der Waals surface area contributed by atoms with Crippen LogP contribution in [0.15, 0.2) is 18.2 Å². The van der Waals surface area contributed by atoms with Crippen LogP contribution in [-0.4, -0.2) is 11.9 Å². The molecule has 4 heteroatoms. The van der Waals surface area contributed by atoms with E-state index in [-0.39, 0.29) is 5.91 Å². The Kier molecular flexibility index (Phi) is 2.65. The van der Waals surface area contributed by atoms with E-state index in [1.165, 1.54) is 5.56 Å². The number of amides is 3. The van der Waals surface area contributed by atoms with Gasteiger partial charge in [-0.25, -0.2) is 4.79 Å². The van der Waals surface area contributed by atoms with Crippen LogP contribution < -0.4 is 10.6 Å². The van der Waals surface area contributed by atoms with Crippen molar-refractivity contribution in [1.82, 2.24) is 10.6 Å². The van der Waals surface area contributed by atoms with Crippen molar-refractivity contribution in [1.29, 1.82) is 0 Å². The maximum absolute atomic E-state index is 11.9. The second kappa shape index (κ2) is 3.87. The van der Waals surface area contributed by atoms with E-state index in [0.29, 0.717) is 6.42 Å². The lowest BCUT2D eigenvalue weighted by molar-refractivity contribution is -0.124. The number of carbonyl (C=O) groups excluding carboxylic acids is 2. The van der Waals surface area contributed by atoms with Gasteiger partial charge in [0.25, 0.3) is 5.91 Å². The van der Waals surface area contributed by atoms with Gasteiger partial charge in [-0.15, -0.1) is 0 Å². The van der Waals surface area contributed by atoms with Crippen molar-refractivity contribution in [2.45, 2.75) is 32.7 Å². The number of aryl methyl sites for hydroxylation is 2. The predicted molar refractivity (Wildman–Crippen MR) is 64.6 cm³/mol. The third-order valence-electron chi connectivity index (χ3n) is 3.47. The van der Waals surface area contributed by atoms with E-state index >= 15 is 0 Å². The van der Waals surface area contributed by atoms with Gasteiger partial charge >= 0.3 is 6.03 Å². The normalized spacial score (nSPS) is 23.5. The predicted octanol–water partition coefficient (Wildman–Crippen LogP) is 1.75. The van der Waals surface area contributed by atoms with E-state index in [4.69, 9.17) is 0 Å². The molecule has 17 heavy (non-hydrogen) atoms. The summed E-state index contributed by atoms with van der Waals surface area (Å²) in [5.74, 6) is -0.270. The zero-order chi connectivity index (χ0) is 12.6. The zero-order valence-electron chi connectivity index (χ0n) is 10.3. The third kappa shape index (κ3) is 1.69.